The predicted molar refractivity (Wildman–Crippen MR) is 83.5 cm³/mol. The Morgan fingerprint density at radius 2 is 1.60 bits per heavy atom. The Kier molecular flexibility index (Phi) is 4.33. The Bertz CT molecular complexity index is 333. The van der Waals surface area contributed by atoms with Crippen molar-refractivity contribution in [3.63, 3.8) is 0 Å². The molecule has 4 aliphatic rings. The van der Waals surface area contributed by atoms with E-state index in [4.69, 9.17) is 0 Å². The number of allylic oxidation sites excluding steroid dienone is 1. The topological polar surface area (TPSA) is 17.1 Å². The van der Waals surface area contributed by atoms with Gasteiger partial charge in [0.1, 0.15) is 5.78 Å². The number of Topliss-reactive ketones (excluding diaryl/α,β-unsaturated/α-hetero) is 1. The summed E-state index contributed by atoms with van der Waals surface area (Å²) >= 11 is 0. The van der Waals surface area contributed by atoms with Crippen molar-refractivity contribution in [1.29, 1.82) is 0 Å². The molecule has 0 aromatic rings. The maximum Gasteiger partial charge on any atom is 0.133 e. The zero-order valence-corrected chi connectivity index (χ0v) is 12.9. The smallest absolute Gasteiger partial charge is 0.133 e. The van der Waals surface area contributed by atoms with Crippen LogP contribution in [0.15, 0.2) is 12.7 Å². The van der Waals surface area contributed by atoms with E-state index in [1.165, 1.54) is 51.4 Å². The molecule has 0 aromatic carbocycles. The van der Waals surface area contributed by atoms with Crippen molar-refractivity contribution >= 4 is 5.78 Å². The fourth-order valence-corrected chi connectivity index (χ4v) is 5.80. The molecule has 4 fully saturated rings. The van der Waals surface area contributed by atoms with E-state index in [0.717, 1.165) is 43.4 Å². The summed E-state index contributed by atoms with van der Waals surface area (Å²) in [7, 11) is 0. The molecule has 112 valence electrons. The Morgan fingerprint density at radius 3 is 2.15 bits per heavy atom. The molecule has 0 heterocycles. The molecule has 0 radical (unpaired) electrons. The molecule has 0 atom stereocenters. The van der Waals surface area contributed by atoms with Gasteiger partial charge in [0.15, 0.2) is 0 Å². The molecular formula is C19H30O. The molecule has 0 spiro atoms. The molecule has 0 N–H and O–H groups in total. The summed E-state index contributed by atoms with van der Waals surface area (Å²) in [5.41, 5.74) is 0.451. The van der Waals surface area contributed by atoms with Crippen LogP contribution in [-0.2, 0) is 4.79 Å². The van der Waals surface area contributed by atoms with Crippen molar-refractivity contribution in [2.45, 2.75) is 77.0 Å². The second-order valence-corrected chi connectivity index (χ2v) is 8.02. The molecule has 0 amide bonds. The number of hydrogen-bond donors (Lipinski definition) is 0. The van der Waals surface area contributed by atoms with Crippen LogP contribution < -0.4 is 0 Å². The lowest BCUT2D eigenvalue weighted by Crippen LogP contribution is -2.46. The van der Waals surface area contributed by atoms with Crippen molar-refractivity contribution in [2.24, 2.45) is 23.2 Å². The van der Waals surface area contributed by atoms with Crippen LogP contribution in [0, 0.1) is 23.2 Å². The molecule has 0 saturated heterocycles. The standard InChI is InChI=1S/C19H30O/c1-2-3-4-5-6-7-18(20)14-19-11-15-8-16(12-19)10-17(9-15)13-19/h2,15-17H,1,3-14H2. The van der Waals surface area contributed by atoms with E-state index in [2.05, 4.69) is 6.58 Å². The fraction of sp³-hybridized carbons (Fsp3) is 0.842. The van der Waals surface area contributed by atoms with E-state index < -0.39 is 0 Å². The molecule has 20 heavy (non-hydrogen) atoms. The molecule has 1 nitrogen and oxygen atoms in total. The zero-order chi connectivity index (χ0) is 14.0. The summed E-state index contributed by atoms with van der Waals surface area (Å²) in [4.78, 5) is 12.3. The van der Waals surface area contributed by atoms with Crippen molar-refractivity contribution in [3.8, 4) is 0 Å². The third-order valence-corrected chi connectivity index (χ3v) is 6.10. The van der Waals surface area contributed by atoms with Gasteiger partial charge < -0.3 is 0 Å². The summed E-state index contributed by atoms with van der Waals surface area (Å²) in [6.45, 7) is 3.75. The number of rotatable bonds is 8. The Balaban J connectivity index is 1.45. The van der Waals surface area contributed by atoms with Crippen LogP contribution in [0.4, 0.5) is 0 Å². The van der Waals surface area contributed by atoms with E-state index in [9.17, 15) is 4.79 Å². The van der Waals surface area contributed by atoms with Gasteiger partial charge in [0.05, 0.1) is 0 Å². The average molecular weight is 274 g/mol. The third-order valence-electron chi connectivity index (χ3n) is 6.10. The summed E-state index contributed by atoms with van der Waals surface area (Å²) in [6, 6.07) is 0. The fourth-order valence-electron chi connectivity index (χ4n) is 5.80. The summed E-state index contributed by atoms with van der Waals surface area (Å²) in [5, 5.41) is 0. The van der Waals surface area contributed by atoms with Crippen LogP contribution in [0.2, 0.25) is 0 Å². The normalized spacial score (nSPS) is 38.1. The minimum absolute atomic E-state index is 0.451. The van der Waals surface area contributed by atoms with Crippen LogP contribution in [0.1, 0.15) is 77.0 Å². The van der Waals surface area contributed by atoms with Crippen molar-refractivity contribution in [3.05, 3.63) is 12.7 Å². The van der Waals surface area contributed by atoms with Crippen molar-refractivity contribution < 1.29 is 4.79 Å². The molecule has 4 rings (SSSR count). The molecular weight excluding hydrogens is 244 g/mol. The third kappa shape index (κ3) is 3.18. The van der Waals surface area contributed by atoms with Gasteiger partial charge in [0.25, 0.3) is 0 Å². The van der Waals surface area contributed by atoms with Gasteiger partial charge in [-0.1, -0.05) is 12.5 Å². The quantitative estimate of drug-likeness (QED) is 0.433. The van der Waals surface area contributed by atoms with Gasteiger partial charge in [-0.2, -0.15) is 0 Å². The Morgan fingerprint density at radius 1 is 1.00 bits per heavy atom. The first-order chi connectivity index (χ1) is 9.69. The zero-order valence-electron chi connectivity index (χ0n) is 12.9. The summed E-state index contributed by atoms with van der Waals surface area (Å²) in [6.07, 6.45) is 16.9. The monoisotopic (exact) mass is 274 g/mol. The van der Waals surface area contributed by atoms with Gasteiger partial charge in [-0.15, -0.1) is 6.58 Å². The van der Waals surface area contributed by atoms with Crippen molar-refractivity contribution in [1.82, 2.24) is 0 Å². The predicted octanol–water partition coefficient (Wildman–Crippen LogP) is 5.30. The minimum Gasteiger partial charge on any atom is -0.300 e. The first-order valence-electron chi connectivity index (χ1n) is 8.82. The second kappa shape index (κ2) is 6.03. The Labute approximate surface area is 124 Å². The van der Waals surface area contributed by atoms with Crippen LogP contribution in [0.25, 0.3) is 0 Å². The number of carbonyl (C=O) groups excluding carboxylic acids is 1. The van der Waals surface area contributed by atoms with Crippen LogP contribution >= 0.6 is 0 Å². The maximum atomic E-state index is 12.3. The van der Waals surface area contributed by atoms with Crippen LogP contribution in [0.3, 0.4) is 0 Å². The highest BCUT2D eigenvalue weighted by Crippen LogP contribution is 2.61. The van der Waals surface area contributed by atoms with Crippen LogP contribution in [-0.4, -0.2) is 5.78 Å². The number of ketones is 1. The van der Waals surface area contributed by atoms with Gasteiger partial charge in [0.2, 0.25) is 0 Å². The highest BCUT2D eigenvalue weighted by molar-refractivity contribution is 5.79. The van der Waals surface area contributed by atoms with Gasteiger partial charge in [-0.3, -0.25) is 4.79 Å². The largest absolute Gasteiger partial charge is 0.300 e. The lowest BCUT2D eigenvalue weighted by atomic mass is 9.48. The average Bonchev–Trinajstić information content (AvgIpc) is 2.36. The minimum atomic E-state index is 0.451. The van der Waals surface area contributed by atoms with Gasteiger partial charge in [-0.05, 0) is 81.0 Å². The van der Waals surface area contributed by atoms with E-state index in [1.807, 2.05) is 6.08 Å². The van der Waals surface area contributed by atoms with E-state index in [0.29, 0.717) is 11.2 Å². The molecule has 4 aliphatic carbocycles. The van der Waals surface area contributed by atoms with E-state index >= 15 is 0 Å². The van der Waals surface area contributed by atoms with Gasteiger partial charge in [-0.25, -0.2) is 0 Å². The molecule has 4 saturated carbocycles. The number of carbonyl (C=O) groups is 1. The maximum absolute atomic E-state index is 12.3. The van der Waals surface area contributed by atoms with Crippen molar-refractivity contribution in [2.75, 3.05) is 0 Å². The molecule has 0 aliphatic heterocycles. The van der Waals surface area contributed by atoms with E-state index in [-0.39, 0.29) is 0 Å². The Hall–Kier alpha value is -0.590. The van der Waals surface area contributed by atoms with Gasteiger partial charge >= 0.3 is 0 Å². The highest BCUT2D eigenvalue weighted by atomic mass is 16.1. The first-order valence-corrected chi connectivity index (χ1v) is 8.82. The molecule has 1 heteroatoms. The second-order valence-electron chi connectivity index (χ2n) is 8.02. The van der Waals surface area contributed by atoms with Gasteiger partial charge in [0, 0.05) is 12.8 Å². The van der Waals surface area contributed by atoms with Crippen LogP contribution in [0.5, 0.6) is 0 Å². The number of unbranched alkanes of at least 4 members (excludes halogenated alkanes) is 3. The first kappa shape index (κ1) is 14.4. The summed E-state index contributed by atoms with van der Waals surface area (Å²) < 4.78 is 0. The lowest BCUT2D eigenvalue weighted by Gasteiger charge is -2.56. The SMILES string of the molecule is C=CCCCCCC(=O)CC12CC3CC(CC(C3)C1)C2. The highest BCUT2D eigenvalue weighted by Gasteiger charge is 2.51. The molecule has 4 bridgehead atoms. The lowest BCUT2D eigenvalue weighted by molar-refractivity contribution is -0.127. The number of hydrogen-bond acceptors (Lipinski definition) is 1. The molecule has 0 aromatic heterocycles. The molecule has 0 unspecified atom stereocenters. The van der Waals surface area contributed by atoms with E-state index in [1.54, 1.807) is 0 Å². The summed E-state index contributed by atoms with van der Waals surface area (Å²) in [5.74, 6) is 3.48.